The quantitative estimate of drug-likeness (QED) is 0.113. The molecule has 0 saturated carbocycles. The van der Waals surface area contributed by atoms with Gasteiger partial charge in [0.25, 0.3) is 0 Å². The van der Waals surface area contributed by atoms with Crippen LogP contribution >= 0.6 is 0 Å². The summed E-state index contributed by atoms with van der Waals surface area (Å²) in [7, 11) is 0. The summed E-state index contributed by atoms with van der Waals surface area (Å²) in [6.07, 6.45) is -27.2. The minimum Gasteiger partial charge on any atom is -0.200 e. The van der Waals surface area contributed by atoms with Gasteiger partial charge in [0.05, 0.1) is 0 Å². The minimum absolute atomic E-state index is 5.19. The Bertz CT molecular complexity index is 1540. The molecule has 0 aromatic carbocycles. The summed E-state index contributed by atoms with van der Waals surface area (Å²) >= 11 is 0. The van der Waals surface area contributed by atoms with Crippen LogP contribution in [-0.2, 0) is 0 Å². The van der Waals surface area contributed by atoms with Gasteiger partial charge in [-0.15, -0.1) is 0 Å². The largest absolute Gasteiger partial charge is 0.460 e. The third-order valence-electron chi connectivity index (χ3n) is 7.90. The molecule has 0 radical (unpaired) electrons. The van der Waals surface area contributed by atoms with Crippen LogP contribution in [-0.4, -0.2) is 119 Å². The van der Waals surface area contributed by atoms with E-state index in [1.54, 1.807) is 0 Å². The molecule has 0 fully saturated rings. The first-order valence-electron chi connectivity index (χ1n) is 13.6. The van der Waals surface area contributed by atoms with Crippen molar-refractivity contribution in [3.05, 3.63) is 0 Å². The van der Waals surface area contributed by atoms with Crippen LogP contribution in [0.1, 0.15) is 12.8 Å². The van der Waals surface area contributed by atoms with E-state index in [1.165, 1.54) is 0 Å². The zero-order valence-corrected chi connectivity index (χ0v) is 27.3. The Morgan fingerprint density at radius 3 is 0.328 bits per heavy atom. The summed E-state index contributed by atoms with van der Waals surface area (Å²) in [6, 6.07) is 0. The average Bonchev–Trinajstić information content (AvgIpc) is 3.04. The molecule has 0 saturated heterocycles. The first kappa shape index (κ1) is 61.1. The van der Waals surface area contributed by atoms with Crippen molar-refractivity contribution in [1.82, 2.24) is 0 Å². The fraction of sp³-hybridized carbons (Fsp3) is 1.00. The maximum absolute atomic E-state index is 13.9. The van der Waals surface area contributed by atoms with Gasteiger partial charge in [-0.2, -0.15) is 184 Å². The van der Waals surface area contributed by atoms with Gasteiger partial charge in [0.15, 0.2) is 0 Å². The molecule has 0 aliphatic rings. The highest BCUT2D eigenvalue weighted by Gasteiger charge is 3.00. The molecule has 64 heavy (non-hydrogen) atoms. The van der Waals surface area contributed by atoms with Crippen LogP contribution in [0.5, 0.6) is 0 Å². The molecule has 42 heteroatoms. The highest BCUT2D eigenvalue weighted by molar-refractivity contribution is 5.20. The second-order valence-corrected chi connectivity index (χ2v) is 12.1. The first-order valence-corrected chi connectivity index (χ1v) is 13.6. The topological polar surface area (TPSA) is 0 Å². The summed E-state index contributed by atoms with van der Waals surface area (Å²) < 4.78 is 562. The molecule has 0 aliphatic carbocycles. The van der Waals surface area contributed by atoms with E-state index in [2.05, 4.69) is 0 Å². The molecule has 0 unspecified atom stereocenters. The fourth-order valence-corrected chi connectivity index (χ4v) is 3.81. The summed E-state index contributed by atoms with van der Waals surface area (Å²) in [4.78, 5) is 0. The lowest BCUT2D eigenvalue weighted by molar-refractivity contribution is -0.476. The van der Waals surface area contributed by atoms with Gasteiger partial charge >= 0.3 is 119 Å². The molecule has 0 nitrogen and oxygen atoms in total. The summed E-state index contributed by atoms with van der Waals surface area (Å²) in [5, 5.41) is 0. The number of halogens is 42. The van der Waals surface area contributed by atoms with Gasteiger partial charge in [-0.25, -0.2) is 0 Å². The number of alkyl halides is 42. The number of rotatable bonds is 19. The van der Waals surface area contributed by atoms with Gasteiger partial charge in [0, 0.05) is 12.8 Å². The molecule has 0 bridgehead atoms. The Hall–Kier alpha value is -2.94. The smallest absolute Gasteiger partial charge is 0.200 e. The lowest BCUT2D eigenvalue weighted by atomic mass is 9.84. The molecular formula is C22H4F42. The van der Waals surface area contributed by atoms with Crippen LogP contribution in [0.2, 0.25) is 0 Å². The van der Waals surface area contributed by atoms with Crippen molar-refractivity contribution >= 4 is 0 Å². The zero-order valence-electron chi connectivity index (χ0n) is 27.3. The van der Waals surface area contributed by atoms with Crippen molar-refractivity contribution in [2.45, 2.75) is 132 Å². The van der Waals surface area contributed by atoms with E-state index in [0.29, 0.717) is 0 Å². The number of hydrogen-bond donors (Lipinski definition) is 0. The average molecular weight is 1070 g/mol. The second-order valence-electron chi connectivity index (χ2n) is 12.1. The summed E-state index contributed by atoms with van der Waals surface area (Å²) in [6.45, 7) is 0. The first-order chi connectivity index (χ1) is 26.7. The van der Waals surface area contributed by atoms with Crippen molar-refractivity contribution in [3.8, 4) is 0 Å². The number of hydrogen-bond acceptors (Lipinski definition) is 0. The van der Waals surface area contributed by atoms with E-state index < -0.39 is 132 Å². The van der Waals surface area contributed by atoms with Crippen LogP contribution in [0.25, 0.3) is 0 Å². The molecule has 386 valence electrons. The molecule has 0 aromatic heterocycles. The Morgan fingerprint density at radius 1 is 0.125 bits per heavy atom. The maximum atomic E-state index is 13.9. The van der Waals surface area contributed by atoms with E-state index in [9.17, 15) is 184 Å². The van der Waals surface area contributed by atoms with Crippen LogP contribution in [0.4, 0.5) is 184 Å². The van der Waals surface area contributed by atoms with Crippen molar-refractivity contribution in [2.75, 3.05) is 0 Å². The molecule has 0 heterocycles. The van der Waals surface area contributed by atoms with Gasteiger partial charge in [-0.1, -0.05) is 0 Å². The highest BCUT2D eigenvalue weighted by atomic mass is 19.5. The molecule has 0 amide bonds. The van der Waals surface area contributed by atoms with Crippen molar-refractivity contribution < 1.29 is 184 Å². The van der Waals surface area contributed by atoms with Crippen molar-refractivity contribution in [3.63, 3.8) is 0 Å². The van der Waals surface area contributed by atoms with E-state index in [-0.39, 0.29) is 0 Å². The monoisotopic (exact) mass is 1070 g/mol. The van der Waals surface area contributed by atoms with Crippen LogP contribution in [0, 0.1) is 0 Å². The van der Waals surface area contributed by atoms with Crippen molar-refractivity contribution in [2.24, 2.45) is 0 Å². The van der Waals surface area contributed by atoms with Crippen molar-refractivity contribution in [1.29, 1.82) is 0 Å². The molecular weight excluding hydrogens is 1060 g/mol. The maximum Gasteiger partial charge on any atom is 0.460 e. The van der Waals surface area contributed by atoms with E-state index in [0.717, 1.165) is 0 Å². The third kappa shape index (κ3) is 7.22. The Morgan fingerprint density at radius 2 is 0.219 bits per heavy atom. The lowest BCUT2D eigenvalue weighted by Crippen LogP contribution is -2.77. The minimum atomic E-state index is -9.95. The fourth-order valence-electron chi connectivity index (χ4n) is 3.81. The third-order valence-corrected chi connectivity index (χ3v) is 7.90. The van der Waals surface area contributed by atoms with Gasteiger partial charge in [0.2, 0.25) is 0 Å². The normalized spacial score (nSPS) is 17.3. The van der Waals surface area contributed by atoms with E-state index >= 15 is 0 Å². The lowest BCUT2D eigenvalue weighted by Gasteiger charge is -2.45. The predicted octanol–water partition coefficient (Wildman–Crippen LogP) is 14.3. The standard InChI is InChI=1S/C22H4F42/c23-3(24,5(27,28)7(31,32)9(35,36)11(39,40)13(43,44)15(47,48)17(51,52)19(55,56)21(59,60)61)1-2-4(25,26)6(29,30)8(33,34)10(37,38)12(41,42)14(45,46)16(49,50)18(53,54)20(57,58)22(62,63)64/h1-2H2. The van der Waals surface area contributed by atoms with E-state index in [4.69, 9.17) is 0 Å². The molecule has 0 aromatic rings. The summed E-state index contributed by atoms with van der Waals surface area (Å²) in [5.41, 5.74) is 0. The Labute approximate surface area is 317 Å². The predicted molar refractivity (Wildman–Crippen MR) is 110 cm³/mol. The highest BCUT2D eigenvalue weighted by Crippen LogP contribution is 2.69. The zero-order chi connectivity index (χ0) is 53.4. The van der Waals surface area contributed by atoms with Crippen LogP contribution < -0.4 is 0 Å². The summed E-state index contributed by atoms with van der Waals surface area (Å²) in [5.74, 6) is -171. The van der Waals surface area contributed by atoms with Crippen LogP contribution in [0.15, 0.2) is 0 Å². The second kappa shape index (κ2) is 14.8. The SMILES string of the molecule is FC(F)(F)C(F)(F)C(F)(F)C(F)(F)C(F)(F)C(F)(F)C(F)(F)C(F)(F)C(F)(F)C(F)(F)CCC(F)(F)C(F)(F)C(F)(F)C(F)(F)C(F)(F)C(F)(F)C(F)(F)C(F)(F)C(F)(F)C(F)(F)F. The van der Waals surface area contributed by atoms with Gasteiger partial charge in [-0.3, -0.25) is 0 Å². The van der Waals surface area contributed by atoms with Gasteiger partial charge in [-0.05, 0) is 0 Å². The molecule has 0 aliphatic heterocycles. The molecule has 0 atom stereocenters. The van der Waals surface area contributed by atoms with E-state index in [1.807, 2.05) is 0 Å². The van der Waals surface area contributed by atoms with Crippen LogP contribution in [0.3, 0.4) is 0 Å². The Balaban J connectivity index is 7.39. The molecule has 0 N–H and O–H groups in total. The van der Waals surface area contributed by atoms with Gasteiger partial charge < -0.3 is 0 Å². The molecule has 0 spiro atoms. The van der Waals surface area contributed by atoms with Gasteiger partial charge in [0.1, 0.15) is 0 Å². The Kier molecular flexibility index (Phi) is 14.1. The molecule has 0 rings (SSSR count).